The number of amides is 2. The average molecular weight is 292 g/mol. The number of hydrogen-bond acceptors (Lipinski definition) is 2. The van der Waals surface area contributed by atoms with Gasteiger partial charge in [-0.25, -0.2) is 9.59 Å². The van der Waals surface area contributed by atoms with Gasteiger partial charge in [-0.2, -0.15) is 0 Å². The molecule has 0 aliphatic rings. The van der Waals surface area contributed by atoms with Crippen LogP contribution in [-0.4, -0.2) is 23.1 Å². The molecule has 2 amide bonds. The molecule has 0 heterocycles. The normalized spacial score (nSPS) is 12.1. The Morgan fingerprint density at radius 2 is 1.67 bits per heavy atom. The number of rotatable bonds is 5. The number of benzene rings is 1. The first kappa shape index (κ1) is 17.0. The number of carboxylic acids is 1. The second kappa shape index (κ2) is 7.11. The molecule has 0 aliphatic heterocycles. The van der Waals surface area contributed by atoms with Crippen LogP contribution in [0.5, 0.6) is 0 Å². The monoisotopic (exact) mass is 292 g/mol. The number of carboxylic acid groups (broad SMARTS) is 1. The van der Waals surface area contributed by atoms with Crippen molar-refractivity contribution in [3.05, 3.63) is 34.4 Å². The molecular formula is C16H24N2O3. The number of aliphatic carboxylic acids is 1. The van der Waals surface area contributed by atoms with Crippen molar-refractivity contribution in [2.45, 2.75) is 47.2 Å². The van der Waals surface area contributed by atoms with Crippen molar-refractivity contribution in [3.8, 4) is 0 Å². The molecule has 0 bridgehead atoms. The highest BCUT2D eigenvalue weighted by Crippen LogP contribution is 2.16. The van der Waals surface area contributed by atoms with Crippen LogP contribution in [0.3, 0.4) is 0 Å². The number of carbonyl (C=O) groups is 2. The number of urea groups is 1. The van der Waals surface area contributed by atoms with Crippen LogP contribution in [0.2, 0.25) is 0 Å². The van der Waals surface area contributed by atoms with Crippen LogP contribution in [0.4, 0.5) is 4.79 Å². The predicted octanol–water partition coefficient (Wildman–Crippen LogP) is 2.52. The third-order valence-corrected chi connectivity index (χ3v) is 3.49. The number of nitrogens with one attached hydrogen (secondary N) is 2. The minimum atomic E-state index is -1.03. The van der Waals surface area contributed by atoms with Crippen LogP contribution in [-0.2, 0) is 11.3 Å². The molecule has 1 rings (SSSR count). The summed E-state index contributed by atoms with van der Waals surface area (Å²) in [6, 6.07) is 2.78. The zero-order valence-electron chi connectivity index (χ0n) is 13.3. The largest absolute Gasteiger partial charge is 0.480 e. The molecule has 0 saturated carbocycles. The summed E-state index contributed by atoms with van der Waals surface area (Å²) in [4.78, 5) is 22.9. The lowest BCUT2D eigenvalue weighted by molar-refractivity contribution is -0.140. The highest BCUT2D eigenvalue weighted by atomic mass is 16.4. The lowest BCUT2D eigenvalue weighted by atomic mass is 10.00. The second-order valence-corrected chi connectivity index (χ2v) is 5.76. The fourth-order valence-corrected chi connectivity index (χ4v) is 2.36. The van der Waals surface area contributed by atoms with Crippen molar-refractivity contribution in [1.29, 1.82) is 0 Å². The third-order valence-electron chi connectivity index (χ3n) is 3.49. The average Bonchev–Trinajstić information content (AvgIpc) is 2.33. The van der Waals surface area contributed by atoms with Crippen LogP contribution >= 0.6 is 0 Å². The molecule has 0 aromatic heterocycles. The summed E-state index contributed by atoms with van der Waals surface area (Å²) in [5, 5.41) is 14.3. The summed E-state index contributed by atoms with van der Waals surface area (Å²) in [7, 11) is 0. The summed E-state index contributed by atoms with van der Waals surface area (Å²) in [5.41, 5.74) is 4.48. The SMILES string of the molecule is Cc1cc(C)c(CNC(=O)NC(C(=O)O)C(C)C)c(C)c1. The van der Waals surface area contributed by atoms with Gasteiger partial charge >= 0.3 is 12.0 Å². The Balaban J connectivity index is 2.67. The van der Waals surface area contributed by atoms with E-state index in [4.69, 9.17) is 5.11 Å². The fraction of sp³-hybridized carbons (Fsp3) is 0.500. The number of carbonyl (C=O) groups excluding carboxylic acids is 1. The van der Waals surface area contributed by atoms with E-state index in [0.717, 1.165) is 16.7 Å². The fourth-order valence-electron chi connectivity index (χ4n) is 2.36. The van der Waals surface area contributed by atoms with Gasteiger partial charge in [-0.1, -0.05) is 31.5 Å². The lowest BCUT2D eigenvalue weighted by Gasteiger charge is -2.19. The quantitative estimate of drug-likeness (QED) is 0.780. The highest BCUT2D eigenvalue weighted by Gasteiger charge is 2.23. The van der Waals surface area contributed by atoms with Crippen molar-refractivity contribution >= 4 is 12.0 Å². The first-order valence-electron chi connectivity index (χ1n) is 7.06. The van der Waals surface area contributed by atoms with Crippen molar-refractivity contribution in [3.63, 3.8) is 0 Å². The maximum absolute atomic E-state index is 11.8. The Hall–Kier alpha value is -2.04. The van der Waals surface area contributed by atoms with Crippen molar-refractivity contribution in [2.24, 2.45) is 5.92 Å². The second-order valence-electron chi connectivity index (χ2n) is 5.76. The standard InChI is InChI=1S/C16H24N2O3/c1-9(2)14(15(19)20)18-16(21)17-8-13-11(4)6-10(3)7-12(13)5/h6-7,9,14H,8H2,1-5H3,(H,19,20)(H2,17,18,21). The zero-order chi connectivity index (χ0) is 16.2. The van der Waals surface area contributed by atoms with Crippen LogP contribution in [0, 0.1) is 26.7 Å². The molecule has 21 heavy (non-hydrogen) atoms. The highest BCUT2D eigenvalue weighted by molar-refractivity contribution is 5.82. The van der Waals surface area contributed by atoms with Crippen LogP contribution in [0.25, 0.3) is 0 Å². The van der Waals surface area contributed by atoms with E-state index in [1.54, 1.807) is 13.8 Å². The smallest absolute Gasteiger partial charge is 0.326 e. The molecule has 0 saturated heterocycles. The Morgan fingerprint density at radius 1 is 1.14 bits per heavy atom. The van der Waals surface area contributed by atoms with E-state index in [9.17, 15) is 9.59 Å². The molecule has 0 fully saturated rings. The van der Waals surface area contributed by atoms with Gasteiger partial charge in [0.25, 0.3) is 0 Å². The summed E-state index contributed by atoms with van der Waals surface area (Å²) in [6.07, 6.45) is 0. The third kappa shape index (κ3) is 4.77. The van der Waals surface area contributed by atoms with Gasteiger partial charge in [-0.15, -0.1) is 0 Å². The molecule has 0 aliphatic carbocycles. The van der Waals surface area contributed by atoms with E-state index in [0.29, 0.717) is 6.54 Å². The Bertz CT molecular complexity index is 515. The van der Waals surface area contributed by atoms with E-state index in [-0.39, 0.29) is 5.92 Å². The molecule has 1 atom stereocenters. The molecule has 0 radical (unpaired) electrons. The molecule has 1 aromatic carbocycles. The van der Waals surface area contributed by atoms with Crippen molar-refractivity contribution in [2.75, 3.05) is 0 Å². The van der Waals surface area contributed by atoms with Gasteiger partial charge in [-0.05, 0) is 43.4 Å². The number of hydrogen-bond donors (Lipinski definition) is 3. The maximum atomic E-state index is 11.8. The number of aryl methyl sites for hydroxylation is 3. The molecule has 116 valence electrons. The summed E-state index contributed by atoms with van der Waals surface area (Å²) in [5.74, 6) is -1.20. The van der Waals surface area contributed by atoms with Crippen LogP contribution in [0.15, 0.2) is 12.1 Å². The molecule has 1 aromatic rings. The van der Waals surface area contributed by atoms with Gasteiger partial charge in [0.15, 0.2) is 0 Å². The molecule has 0 spiro atoms. The summed E-state index contributed by atoms with van der Waals surface area (Å²) >= 11 is 0. The van der Waals surface area contributed by atoms with E-state index in [1.807, 2.05) is 20.8 Å². The minimum Gasteiger partial charge on any atom is -0.480 e. The first-order valence-corrected chi connectivity index (χ1v) is 7.06. The Kier molecular flexibility index (Phi) is 5.76. The molecule has 5 nitrogen and oxygen atoms in total. The van der Waals surface area contributed by atoms with E-state index in [1.165, 1.54) is 5.56 Å². The molecule has 1 unspecified atom stereocenters. The van der Waals surface area contributed by atoms with Crippen molar-refractivity contribution < 1.29 is 14.7 Å². The Labute approximate surface area is 125 Å². The van der Waals surface area contributed by atoms with E-state index in [2.05, 4.69) is 22.8 Å². The van der Waals surface area contributed by atoms with Crippen molar-refractivity contribution in [1.82, 2.24) is 10.6 Å². The molecule has 3 N–H and O–H groups in total. The van der Waals surface area contributed by atoms with E-state index < -0.39 is 18.0 Å². The Morgan fingerprint density at radius 3 is 2.10 bits per heavy atom. The zero-order valence-corrected chi connectivity index (χ0v) is 13.3. The van der Waals surface area contributed by atoms with Gasteiger partial charge in [0, 0.05) is 6.54 Å². The maximum Gasteiger partial charge on any atom is 0.326 e. The van der Waals surface area contributed by atoms with Gasteiger partial charge in [-0.3, -0.25) is 0 Å². The van der Waals surface area contributed by atoms with E-state index >= 15 is 0 Å². The van der Waals surface area contributed by atoms with Crippen LogP contribution < -0.4 is 10.6 Å². The van der Waals surface area contributed by atoms with Crippen LogP contribution in [0.1, 0.15) is 36.1 Å². The van der Waals surface area contributed by atoms with Gasteiger partial charge in [0.2, 0.25) is 0 Å². The summed E-state index contributed by atoms with van der Waals surface area (Å²) < 4.78 is 0. The lowest BCUT2D eigenvalue weighted by Crippen LogP contribution is -2.48. The predicted molar refractivity (Wildman–Crippen MR) is 82.3 cm³/mol. The summed E-state index contributed by atoms with van der Waals surface area (Å²) in [6.45, 7) is 9.94. The topological polar surface area (TPSA) is 78.4 Å². The molecule has 5 heteroatoms. The molecular weight excluding hydrogens is 268 g/mol. The van der Waals surface area contributed by atoms with Gasteiger partial charge in [0.05, 0.1) is 0 Å². The first-order chi connectivity index (χ1) is 9.72. The van der Waals surface area contributed by atoms with Gasteiger partial charge in [0.1, 0.15) is 6.04 Å². The minimum absolute atomic E-state index is 0.170. The van der Waals surface area contributed by atoms with Gasteiger partial charge < -0.3 is 15.7 Å².